The summed E-state index contributed by atoms with van der Waals surface area (Å²) in [5.41, 5.74) is 9.22. The quantitative estimate of drug-likeness (QED) is 0.173. The van der Waals surface area contributed by atoms with Crippen molar-refractivity contribution in [2.75, 3.05) is 0 Å². The Morgan fingerprint density at radius 2 is 0.859 bits per heavy atom. The Balaban J connectivity index is 0.971. The normalized spacial score (nSPS) is 12.1. The summed E-state index contributed by atoms with van der Waals surface area (Å²) >= 11 is 5.46. The van der Waals surface area contributed by atoms with Gasteiger partial charge < -0.3 is 4.42 Å². The van der Waals surface area contributed by atoms with Crippen molar-refractivity contribution in [2.45, 2.75) is 0 Å². The van der Waals surface area contributed by atoms with E-state index in [1.807, 2.05) is 23.5 Å². The topological polar surface area (TPSA) is 51.8 Å². The molecular weight excluding hydrogens is 839 g/mol. The van der Waals surface area contributed by atoms with Crippen molar-refractivity contribution in [3.05, 3.63) is 188 Å². The van der Waals surface area contributed by atoms with Crippen LogP contribution in [0.1, 0.15) is 0 Å². The largest absolute Gasteiger partial charge is 0.456 e. The fourth-order valence-electron chi connectivity index (χ4n) is 9.60. The lowest BCUT2D eigenvalue weighted by molar-refractivity contribution is 0.669. The molecule has 5 aromatic heterocycles. The van der Waals surface area contributed by atoms with Crippen LogP contribution in [0.2, 0.25) is 0 Å². The van der Waals surface area contributed by atoms with Crippen LogP contribution in [0, 0.1) is 0 Å². The summed E-state index contributed by atoms with van der Waals surface area (Å²) in [5.74, 6) is 1.87. The summed E-state index contributed by atoms with van der Waals surface area (Å²) in [6.07, 6.45) is 0. The maximum Gasteiger partial charge on any atom is 0.164 e. The Hall–Kier alpha value is -7.55. The van der Waals surface area contributed by atoms with Gasteiger partial charge in [0.05, 0.1) is 0 Å². The first-order chi connectivity index (χ1) is 31.7. The predicted octanol–water partition coefficient (Wildman–Crippen LogP) is 17.2. The highest BCUT2D eigenvalue weighted by atomic mass is 32.1. The van der Waals surface area contributed by atoms with Gasteiger partial charge in [-0.1, -0.05) is 140 Å². The minimum absolute atomic E-state index is 0.603. The zero-order chi connectivity index (χ0) is 41.9. The van der Waals surface area contributed by atoms with E-state index in [0.29, 0.717) is 17.5 Å². The monoisotopic (exact) mass is 869 g/mol. The van der Waals surface area contributed by atoms with Gasteiger partial charge in [-0.3, -0.25) is 0 Å². The van der Waals surface area contributed by atoms with Gasteiger partial charge in [0.1, 0.15) is 11.2 Å². The summed E-state index contributed by atoms with van der Waals surface area (Å²) < 4.78 is 14.1. The van der Waals surface area contributed by atoms with Gasteiger partial charge in [-0.05, 0) is 70.8 Å². The smallest absolute Gasteiger partial charge is 0.164 e. The zero-order valence-corrected chi connectivity index (χ0v) is 36.3. The van der Waals surface area contributed by atoms with Crippen LogP contribution < -0.4 is 0 Å². The lowest BCUT2D eigenvalue weighted by Crippen LogP contribution is -2.00. The molecule has 4 nitrogen and oxygen atoms in total. The van der Waals surface area contributed by atoms with Crippen molar-refractivity contribution in [2.24, 2.45) is 0 Å². The molecule has 7 heteroatoms. The highest BCUT2D eigenvalue weighted by Crippen LogP contribution is 2.46. The molecule has 298 valence electrons. The number of benzene rings is 9. The second-order valence-corrected chi connectivity index (χ2v) is 19.5. The number of nitrogens with zero attached hydrogens (tertiary/aromatic N) is 3. The summed E-state index contributed by atoms with van der Waals surface area (Å²) in [6, 6.07) is 67.2. The van der Waals surface area contributed by atoms with E-state index in [1.165, 1.54) is 77.2 Å². The first kappa shape index (κ1) is 36.0. The Morgan fingerprint density at radius 1 is 0.297 bits per heavy atom. The highest BCUT2D eigenvalue weighted by Gasteiger charge is 2.21. The molecule has 0 saturated heterocycles. The Labute approximate surface area is 378 Å². The standard InChI is InChI=1S/C57H31N3OS3/c1-2-11-32(12-3-1)37-16-8-17-42-53-36(15-10-22-49(53)64-54(37)42)33-25-28-45-44(29-33)52-43(18-9-19-46(52)61-45)57-59-55(34-23-26-40-38-13-4-6-20-47(38)62-50(40)30-34)58-56(60-57)35-24-27-41-39-14-5-7-21-48(39)63-51(41)31-35/h1-31H. The third kappa shape index (κ3) is 5.55. The average molecular weight is 870 g/mol. The van der Waals surface area contributed by atoms with Crippen molar-refractivity contribution in [3.63, 3.8) is 0 Å². The number of rotatable bonds is 5. The molecular formula is C57H31N3OS3. The first-order valence-corrected chi connectivity index (χ1v) is 23.7. The molecule has 0 radical (unpaired) electrons. The highest BCUT2D eigenvalue weighted by molar-refractivity contribution is 7.27. The van der Waals surface area contributed by atoms with E-state index >= 15 is 0 Å². The molecule has 0 fully saturated rings. The summed E-state index contributed by atoms with van der Waals surface area (Å²) in [4.78, 5) is 15.9. The molecule has 0 aliphatic heterocycles. The van der Waals surface area contributed by atoms with E-state index in [-0.39, 0.29) is 0 Å². The van der Waals surface area contributed by atoms with Crippen LogP contribution in [-0.2, 0) is 0 Å². The van der Waals surface area contributed by atoms with Gasteiger partial charge in [0, 0.05) is 88.0 Å². The number of hydrogen-bond acceptors (Lipinski definition) is 7. The number of fused-ring (bicyclic) bond motifs is 12. The molecule has 14 rings (SSSR count). The van der Waals surface area contributed by atoms with E-state index in [4.69, 9.17) is 19.4 Å². The third-order valence-corrected chi connectivity index (χ3v) is 16.0. The van der Waals surface area contributed by atoms with Crippen molar-refractivity contribution in [1.82, 2.24) is 15.0 Å². The number of aromatic nitrogens is 3. The van der Waals surface area contributed by atoms with E-state index in [9.17, 15) is 0 Å². The molecule has 0 aliphatic rings. The minimum Gasteiger partial charge on any atom is -0.456 e. The molecule has 0 amide bonds. The molecule has 0 atom stereocenters. The number of thiophene rings is 3. The maximum absolute atomic E-state index is 6.63. The molecule has 0 spiro atoms. The summed E-state index contributed by atoms with van der Waals surface area (Å²) in [7, 11) is 0. The van der Waals surface area contributed by atoms with Crippen LogP contribution in [-0.4, -0.2) is 15.0 Å². The fourth-order valence-corrected chi connectivity index (χ4v) is 13.2. The van der Waals surface area contributed by atoms with Crippen molar-refractivity contribution in [1.29, 1.82) is 0 Å². The average Bonchev–Trinajstić information content (AvgIpc) is 4.13. The van der Waals surface area contributed by atoms with Gasteiger partial charge in [-0.25, -0.2) is 15.0 Å². The van der Waals surface area contributed by atoms with E-state index in [2.05, 4.69) is 176 Å². The molecule has 9 aromatic carbocycles. The van der Waals surface area contributed by atoms with Gasteiger partial charge >= 0.3 is 0 Å². The van der Waals surface area contributed by atoms with Gasteiger partial charge in [0.15, 0.2) is 17.5 Å². The Kier molecular flexibility index (Phi) is 7.86. The van der Waals surface area contributed by atoms with E-state index in [1.54, 1.807) is 22.7 Å². The Bertz CT molecular complexity index is 4080. The van der Waals surface area contributed by atoms with Crippen LogP contribution in [0.5, 0.6) is 0 Å². The summed E-state index contributed by atoms with van der Waals surface area (Å²) in [6.45, 7) is 0. The predicted molar refractivity (Wildman–Crippen MR) is 273 cm³/mol. The van der Waals surface area contributed by atoms with Crippen LogP contribution in [0.15, 0.2) is 192 Å². The molecule has 0 aliphatic carbocycles. The lowest BCUT2D eigenvalue weighted by atomic mass is 9.96. The summed E-state index contributed by atoms with van der Waals surface area (Å²) in [5, 5.41) is 9.54. The molecule has 0 bridgehead atoms. The minimum atomic E-state index is 0.603. The molecule has 5 heterocycles. The first-order valence-electron chi connectivity index (χ1n) is 21.2. The van der Waals surface area contributed by atoms with E-state index in [0.717, 1.165) is 44.2 Å². The number of furan rings is 1. The van der Waals surface area contributed by atoms with Crippen molar-refractivity contribution < 1.29 is 4.42 Å². The molecule has 0 unspecified atom stereocenters. The van der Waals surface area contributed by atoms with Gasteiger partial charge in [-0.15, -0.1) is 34.0 Å². The van der Waals surface area contributed by atoms with Gasteiger partial charge in [-0.2, -0.15) is 0 Å². The number of hydrogen-bond donors (Lipinski definition) is 0. The molecule has 64 heavy (non-hydrogen) atoms. The van der Waals surface area contributed by atoms with Crippen LogP contribution in [0.3, 0.4) is 0 Å². The molecule has 14 aromatic rings. The lowest BCUT2D eigenvalue weighted by Gasteiger charge is -2.10. The fraction of sp³-hybridized carbons (Fsp3) is 0. The van der Waals surface area contributed by atoms with Gasteiger partial charge in [0.2, 0.25) is 0 Å². The second-order valence-electron chi connectivity index (χ2n) is 16.2. The maximum atomic E-state index is 6.63. The van der Waals surface area contributed by atoms with Crippen LogP contribution in [0.4, 0.5) is 0 Å². The zero-order valence-electron chi connectivity index (χ0n) is 33.9. The molecule has 0 saturated carbocycles. The van der Waals surface area contributed by atoms with Crippen LogP contribution >= 0.6 is 34.0 Å². The van der Waals surface area contributed by atoms with Crippen molar-refractivity contribution in [3.8, 4) is 56.4 Å². The second kappa shape index (κ2) is 14.0. The molecule has 0 N–H and O–H groups in total. The van der Waals surface area contributed by atoms with Crippen molar-refractivity contribution >= 4 is 116 Å². The SMILES string of the molecule is c1ccc(-c2cccc3c2sc2cccc(-c4ccc5oc6cccc(-c7nc(-c8ccc9c(c8)sc8ccccc89)nc(-c8ccc9c(c8)sc8ccccc89)n7)c6c5c4)c23)cc1. The third-order valence-electron chi connectivity index (χ3n) is 12.6. The van der Waals surface area contributed by atoms with E-state index < -0.39 is 0 Å². The van der Waals surface area contributed by atoms with Gasteiger partial charge in [0.25, 0.3) is 0 Å². The Morgan fingerprint density at radius 3 is 1.59 bits per heavy atom. The van der Waals surface area contributed by atoms with Crippen LogP contribution in [0.25, 0.3) is 139 Å².